The first-order chi connectivity index (χ1) is 11.8. The van der Waals surface area contributed by atoms with Crippen LogP contribution >= 0.6 is 0 Å². The SMILES string of the molecule is O=C(c1ccccc1)c1ccc2ccc3cccc4ccc1c2c34. The molecule has 0 aliphatic carbocycles. The summed E-state index contributed by atoms with van der Waals surface area (Å²) in [6.07, 6.45) is 0. The van der Waals surface area contributed by atoms with Crippen LogP contribution in [0.3, 0.4) is 0 Å². The fourth-order valence-electron chi connectivity index (χ4n) is 3.68. The summed E-state index contributed by atoms with van der Waals surface area (Å²) in [5.74, 6) is 0.0773. The largest absolute Gasteiger partial charge is 0.289 e. The Balaban J connectivity index is 1.89. The number of ketones is 1. The summed E-state index contributed by atoms with van der Waals surface area (Å²) >= 11 is 0. The van der Waals surface area contributed by atoms with Crippen molar-refractivity contribution in [3.05, 3.63) is 96.1 Å². The van der Waals surface area contributed by atoms with Gasteiger partial charge in [0.05, 0.1) is 0 Å². The smallest absolute Gasteiger partial charge is 0.193 e. The highest BCUT2D eigenvalue weighted by molar-refractivity contribution is 6.28. The van der Waals surface area contributed by atoms with Crippen LogP contribution in [0.25, 0.3) is 32.3 Å². The molecule has 1 nitrogen and oxygen atoms in total. The maximum atomic E-state index is 13.0. The van der Waals surface area contributed by atoms with Gasteiger partial charge < -0.3 is 0 Å². The van der Waals surface area contributed by atoms with Crippen molar-refractivity contribution in [1.82, 2.24) is 0 Å². The third kappa shape index (κ3) is 1.79. The van der Waals surface area contributed by atoms with Gasteiger partial charge in [-0.2, -0.15) is 0 Å². The first kappa shape index (κ1) is 13.3. The molecule has 0 saturated carbocycles. The van der Waals surface area contributed by atoms with Gasteiger partial charge in [0.15, 0.2) is 5.78 Å². The Labute approximate surface area is 139 Å². The molecule has 112 valence electrons. The molecule has 5 aromatic rings. The Morgan fingerprint density at radius 3 is 1.92 bits per heavy atom. The first-order valence-corrected chi connectivity index (χ1v) is 8.09. The van der Waals surface area contributed by atoms with E-state index < -0.39 is 0 Å². The van der Waals surface area contributed by atoms with E-state index in [9.17, 15) is 4.79 Å². The van der Waals surface area contributed by atoms with E-state index in [0.29, 0.717) is 0 Å². The van der Waals surface area contributed by atoms with Crippen molar-refractivity contribution < 1.29 is 4.79 Å². The minimum absolute atomic E-state index is 0.0773. The third-order valence-corrected chi connectivity index (χ3v) is 4.81. The van der Waals surface area contributed by atoms with Gasteiger partial charge in [0.2, 0.25) is 0 Å². The Hall–Kier alpha value is -3.19. The lowest BCUT2D eigenvalue weighted by atomic mass is 9.90. The predicted molar refractivity (Wildman–Crippen MR) is 100 cm³/mol. The van der Waals surface area contributed by atoms with E-state index in [-0.39, 0.29) is 5.78 Å². The lowest BCUT2D eigenvalue weighted by Gasteiger charge is -2.13. The van der Waals surface area contributed by atoms with Gasteiger partial charge in [-0.1, -0.05) is 78.9 Å². The van der Waals surface area contributed by atoms with Crippen LogP contribution in [-0.4, -0.2) is 5.78 Å². The molecule has 0 fully saturated rings. The van der Waals surface area contributed by atoms with Crippen molar-refractivity contribution in [2.75, 3.05) is 0 Å². The van der Waals surface area contributed by atoms with E-state index in [0.717, 1.165) is 16.5 Å². The molecular formula is C23H14O. The van der Waals surface area contributed by atoms with Crippen LogP contribution in [0.15, 0.2) is 84.9 Å². The maximum absolute atomic E-state index is 13.0. The normalized spacial score (nSPS) is 11.5. The lowest BCUT2D eigenvalue weighted by Crippen LogP contribution is -2.02. The second-order valence-corrected chi connectivity index (χ2v) is 6.16. The zero-order chi connectivity index (χ0) is 16.1. The van der Waals surface area contributed by atoms with Crippen molar-refractivity contribution in [2.24, 2.45) is 0 Å². The molecule has 0 atom stereocenters. The number of carbonyl (C=O) groups is 1. The van der Waals surface area contributed by atoms with Gasteiger partial charge in [-0.3, -0.25) is 4.79 Å². The van der Waals surface area contributed by atoms with Crippen LogP contribution in [0.2, 0.25) is 0 Å². The van der Waals surface area contributed by atoms with Gasteiger partial charge in [0, 0.05) is 11.1 Å². The number of hydrogen-bond donors (Lipinski definition) is 0. The van der Waals surface area contributed by atoms with Crippen molar-refractivity contribution in [1.29, 1.82) is 0 Å². The van der Waals surface area contributed by atoms with E-state index in [1.54, 1.807) is 0 Å². The van der Waals surface area contributed by atoms with Crippen molar-refractivity contribution in [2.45, 2.75) is 0 Å². The first-order valence-electron chi connectivity index (χ1n) is 8.09. The molecule has 0 N–H and O–H groups in total. The topological polar surface area (TPSA) is 17.1 Å². The molecule has 0 radical (unpaired) electrons. The zero-order valence-electron chi connectivity index (χ0n) is 13.0. The van der Waals surface area contributed by atoms with E-state index >= 15 is 0 Å². The highest BCUT2D eigenvalue weighted by Crippen LogP contribution is 2.36. The summed E-state index contributed by atoms with van der Waals surface area (Å²) in [7, 11) is 0. The minimum Gasteiger partial charge on any atom is -0.289 e. The predicted octanol–water partition coefficient (Wildman–Crippen LogP) is 5.82. The molecule has 5 aromatic carbocycles. The summed E-state index contributed by atoms with van der Waals surface area (Å²) < 4.78 is 0. The quantitative estimate of drug-likeness (QED) is 0.297. The molecule has 0 amide bonds. The van der Waals surface area contributed by atoms with Gasteiger partial charge in [-0.25, -0.2) is 0 Å². The summed E-state index contributed by atoms with van der Waals surface area (Å²) in [6, 6.07) is 28.4. The molecule has 0 bridgehead atoms. The second-order valence-electron chi connectivity index (χ2n) is 6.16. The number of hydrogen-bond acceptors (Lipinski definition) is 1. The van der Waals surface area contributed by atoms with E-state index in [1.807, 2.05) is 36.4 Å². The molecule has 0 spiro atoms. The maximum Gasteiger partial charge on any atom is 0.193 e. The highest BCUT2D eigenvalue weighted by atomic mass is 16.1. The van der Waals surface area contributed by atoms with Gasteiger partial charge in [0.1, 0.15) is 0 Å². The average molecular weight is 306 g/mol. The molecule has 1 heteroatoms. The third-order valence-electron chi connectivity index (χ3n) is 4.81. The Kier molecular flexibility index (Phi) is 2.71. The fourth-order valence-corrected chi connectivity index (χ4v) is 3.68. The monoisotopic (exact) mass is 306 g/mol. The molecule has 0 heterocycles. The molecule has 0 aliphatic rings. The van der Waals surface area contributed by atoms with Gasteiger partial charge >= 0.3 is 0 Å². The number of benzene rings is 5. The highest BCUT2D eigenvalue weighted by Gasteiger charge is 2.15. The standard InChI is InChI=1S/C23H14O/c24-23(18-5-2-1-3-6-18)20-14-12-17-10-9-15-7-4-8-16-11-13-19(20)22(17)21(15)16/h1-14H. The second kappa shape index (κ2) is 4.90. The molecule has 0 saturated heterocycles. The van der Waals surface area contributed by atoms with Crippen LogP contribution in [0.5, 0.6) is 0 Å². The Bertz CT molecular complexity index is 1190. The summed E-state index contributed by atoms with van der Waals surface area (Å²) in [5.41, 5.74) is 1.50. The Morgan fingerprint density at radius 1 is 0.542 bits per heavy atom. The van der Waals surface area contributed by atoms with Crippen LogP contribution < -0.4 is 0 Å². The van der Waals surface area contributed by atoms with Gasteiger partial charge in [0.25, 0.3) is 0 Å². The molecular weight excluding hydrogens is 292 g/mol. The van der Waals surface area contributed by atoms with Crippen molar-refractivity contribution in [3.63, 3.8) is 0 Å². The minimum atomic E-state index is 0.0773. The number of rotatable bonds is 2. The van der Waals surface area contributed by atoms with Crippen LogP contribution in [0.4, 0.5) is 0 Å². The average Bonchev–Trinajstić information content (AvgIpc) is 2.66. The van der Waals surface area contributed by atoms with Crippen LogP contribution in [0, 0.1) is 0 Å². The van der Waals surface area contributed by atoms with Gasteiger partial charge in [-0.15, -0.1) is 0 Å². The molecule has 0 unspecified atom stereocenters. The van der Waals surface area contributed by atoms with Crippen LogP contribution in [0.1, 0.15) is 15.9 Å². The summed E-state index contributed by atoms with van der Waals surface area (Å²) in [6.45, 7) is 0. The number of carbonyl (C=O) groups excluding carboxylic acids is 1. The zero-order valence-corrected chi connectivity index (χ0v) is 13.0. The summed E-state index contributed by atoms with van der Waals surface area (Å²) in [4.78, 5) is 13.0. The molecule has 0 aliphatic heterocycles. The van der Waals surface area contributed by atoms with Crippen molar-refractivity contribution in [3.8, 4) is 0 Å². The van der Waals surface area contributed by atoms with E-state index in [4.69, 9.17) is 0 Å². The van der Waals surface area contributed by atoms with Crippen molar-refractivity contribution >= 4 is 38.1 Å². The van der Waals surface area contributed by atoms with Crippen LogP contribution in [-0.2, 0) is 0 Å². The molecule has 5 rings (SSSR count). The lowest BCUT2D eigenvalue weighted by molar-refractivity contribution is 0.104. The van der Waals surface area contributed by atoms with E-state index in [1.165, 1.54) is 26.9 Å². The fraction of sp³-hybridized carbons (Fsp3) is 0. The molecule has 24 heavy (non-hydrogen) atoms. The Morgan fingerprint density at radius 2 is 1.17 bits per heavy atom. The molecule has 0 aromatic heterocycles. The van der Waals surface area contributed by atoms with E-state index in [2.05, 4.69) is 48.5 Å². The summed E-state index contributed by atoms with van der Waals surface area (Å²) in [5, 5.41) is 7.08. The van der Waals surface area contributed by atoms with Gasteiger partial charge in [-0.05, 0) is 38.4 Å².